The number of carboxylic acid groups (broad SMARTS) is 1. The normalized spacial score (nSPS) is 11.3. The number of hydrogen-bond donors (Lipinski definition) is 2. The first-order valence-corrected chi connectivity index (χ1v) is 6.87. The molecule has 0 saturated heterocycles. The predicted molar refractivity (Wildman–Crippen MR) is 83.5 cm³/mol. The summed E-state index contributed by atoms with van der Waals surface area (Å²) in [5.41, 5.74) is -0.369. The highest BCUT2D eigenvalue weighted by Gasteiger charge is 2.16. The van der Waals surface area contributed by atoms with E-state index >= 15 is 0 Å². The number of hydrogen-bond acceptors (Lipinski definition) is 5. The summed E-state index contributed by atoms with van der Waals surface area (Å²) in [6, 6.07) is 4.59. The lowest BCUT2D eigenvalue weighted by Crippen LogP contribution is -2.27. The molecule has 0 atom stereocenters. The van der Waals surface area contributed by atoms with Crippen LogP contribution in [0.15, 0.2) is 29.3 Å². The van der Waals surface area contributed by atoms with Gasteiger partial charge in [-0.2, -0.15) is 0 Å². The van der Waals surface area contributed by atoms with Crippen LogP contribution in [0.5, 0.6) is 0 Å². The molecule has 0 bridgehead atoms. The minimum Gasteiger partial charge on any atom is -0.480 e. The Labute approximate surface area is 131 Å². The second-order valence-corrected chi connectivity index (χ2v) is 5.93. The number of nitrogens with zero attached hydrogens (tertiary/aromatic N) is 2. The number of aliphatic carboxylic acids is 1. The second-order valence-electron chi connectivity index (χ2n) is 5.93. The SMILES string of the molecule is CC(C)(C)OC(=O)Nc1ccc2ncn(CC(=O)O)c(=O)c2c1. The van der Waals surface area contributed by atoms with Crippen LogP contribution < -0.4 is 10.9 Å². The lowest BCUT2D eigenvalue weighted by Gasteiger charge is -2.19. The van der Waals surface area contributed by atoms with Gasteiger partial charge in [0.25, 0.3) is 5.56 Å². The zero-order valence-electron chi connectivity index (χ0n) is 13.0. The first kappa shape index (κ1) is 16.5. The van der Waals surface area contributed by atoms with Gasteiger partial charge in [-0.05, 0) is 39.0 Å². The van der Waals surface area contributed by atoms with Crippen LogP contribution in [0.1, 0.15) is 20.8 Å². The molecule has 2 rings (SSSR count). The molecule has 23 heavy (non-hydrogen) atoms. The van der Waals surface area contributed by atoms with Gasteiger partial charge in [-0.1, -0.05) is 0 Å². The van der Waals surface area contributed by atoms with Crippen molar-refractivity contribution < 1.29 is 19.4 Å². The van der Waals surface area contributed by atoms with E-state index in [0.717, 1.165) is 4.57 Å². The minimum atomic E-state index is -1.14. The summed E-state index contributed by atoms with van der Waals surface area (Å²) in [4.78, 5) is 38.8. The molecule has 0 aliphatic carbocycles. The Morgan fingerprint density at radius 1 is 1.35 bits per heavy atom. The second kappa shape index (κ2) is 6.07. The number of nitrogens with one attached hydrogen (secondary N) is 1. The number of rotatable bonds is 3. The van der Waals surface area contributed by atoms with Crippen molar-refractivity contribution in [2.75, 3.05) is 5.32 Å². The van der Waals surface area contributed by atoms with E-state index < -0.39 is 29.8 Å². The molecule has 0 aliphatic heterocycles. The number of carbonyl (C=O) groups excluding carboxylic acids is 1. The van der Waals surface area contributed by atoms with E-state index in [0.29, 0.717) is 11.2 Å². The largest absolute Gasteiger partial charge is 0.480 e. The molecule has 1 amide bonds. The topological polar surface area (TPSA) is 111 Å². The van der Waals surface area contributed by atoms with Crippen LogP contribution in [0, 0.1) is 0 Å². The summed E-state index contributed by atoms with van der Waals surface area (Å²) in [7, 11) is 0. The van der Waals surface area contributed by atoms with Gasteiger partial charge in [-0.25, -0.2) is 9.78 Å². The summed E-state index contributed by atoms with van der Waals surface area (Å²) in [5, 5.41) is 11.5. The van der Waals surface area contributed by atoms with Crippen LogP contribution in [-0.2, 0) is 16.1 Å². The third-order valence-electron chi connectivity index (χ3n) is 2.77. The van der Waals surface area contributed by atoms with E-state index in [-0.39, 0.29) is 5.39 Å². The number of amides is 1. The Bertz CT molecular complexity index is 820. The Kier molecular flexibility index (Phi) is 4.35. The molecule has 0 fully saturated rings. The average molecular weight is 319 g/mol. The average Bonchev–Trinajstić information content (AvgIpc) is 2.40. The fourth-order valence-corrected chi connectivity index (χ4v) is 1.92. The van der Waals surface area contributed by atoms with Crippen molar-refractivity contribution >= 4 is 28.7 Å². The van der Waals surface area contributed by atoms with Gasteiger partial charge >= 0.3 is 12.1 Å². The highest BCUT2D eigenvalue weighted by atomic mass is 16.6. The molecule has 0 spiro atoms. The summed E-state index contributed by atoms with van der Waals surface area (Å²) < 4.78 is 6.12. The summed E-state index contributed by atoms with van der Waals surface area (Å²) >= 11 is 0. The third kappa shape index (κ3) is 4.29. The maximum atomic E-state index is 12.2. The minimum absolute atomic E-state index is 0.210. The standard InChI is InChI=1S/C15H17N3O5/c1-15(2,3)23-14(22)17-9-4-5-11-10(6-9)13(21)18(8-16-11)7-12(19)20/h4-6,8H,7H2,1-3H3,(H,17,22)(H,19,20). The van der Waals surface area contributed by atoms with Crippen LogP contribution in [0.2, 0.25) is 0 Å². The number of ether oxygens (including phenoxy) is 1. The van der Waals surface area contributed by atoms with Gasteiger partial charge in [0, 0.05) is 5.69 Å². The van der Waals surface area contributed by atoms with Crippen LogP contribution >= 0.6 is 0 Å². The molecule has 122 valence electrons. The monoisotopic (exact) mass is 319 g/mol. The maximum absolute atomic E-state index is 12.2. The van der Waals surface area contributed by atoms with Crippen molar-refractivity contribution in [3.8, 4) is 0 Å². The Hall–Kier alpha value is -2.90. The van der Waals surface area contributed by atoms with Crippen LogP contribution in [0.25, 0.3) is 10.9 Å². The maximum Gasteiger partial charge on any atom is 0.412 e. The fraction of sp³-hybridized carbons (Fsp3) is 0.333. The van der Waals surface area contributed by atoms with Gasteiger partial charge in [0.15, 0.2) is 0 Å². The van der Waals surface area contributed by atoms with Crippen molar-refractivity contribution in [1.29, 1.82) is 0 Å². The number of carboxylic acids is 1. The van der Waals surface area contributed by atoms with E-state index in [9.17, 15) is 14.4 Å². The molecular formula is C15H17N3O5. The smallest absolute Gasteiger partial charge is 0.412 e. The number of aromatic nitrogens is 2. The van der Waals surface area contributed by atoms with Crippen molar-refractivity contribution in [3.63, 3.8) is 0 Å². The molecule has 1 aromatic carbocycles. The molecular weight excluding hydrogens is 302 g/mol. The summed E-state index contributed by atoms with van der Waals surface area (Å²) in [6.07, 6.45) is 0.534. The zero-order valence-corrected chi connectivity index (χ0v) is 13.0. The molecule has 1 heterocycles. The molecule has 0 aliphatic rings. The molecule has 1 aromatic heterocycles. The Morgan fingerprint density at radius 3 is 2.65 bits per heavy atom. The quantitative estimate of drug-likeness (QED) is 0.893. The zero-order chi connectivity index (χ0) is 17.2. The fourth-order valence-electron chi connectivity index (χ4n) is 1.92. The number of anilines is 1. The van der Waals surface area contributed by atoms with Gasteiger partial charge in [0.05, 0.1) is 17.2 Å². The predicted octanol–water partition coefficient (Wildman–Crippen LogP) is 1.83. The van der Waals surface area contributed by atoms with Gasteiger partial charge in [-0.3, -0.25) is 19.5 Å². The van der Waals surface area contributed by atoms with E-state index in [2.05, 4.69) is 10.3 Å². The highest BCUT2D eigenvalue weighted by Crippen LogP contribution is 2.16. The summed E-state index contributed by atoms with van der Waals surface area (Å²) in [6.45, 7) is 4.73. The summed E-state index contributed by atoms with van der Waals surface area (Å²) in [5.74, 6) is -1.14. The first-order chi connectivity index (χ1) is 10.7. The molecule has 0 unspecified atom stereocenters. The van der Waals surface area contributed by atoms with Gasteiger partial charge in [-0.15, -0.1) is 0 Å². The van der Waals surface area contributed by atoms with Gasteiger partial charge < -0.3 is 9.84 Å². The Balaban J connectivity index is 2.33. The molecule has 2 aromatic rings. The van der Waals surface area contributed by atoms with E-state index in [4.69, 9.17) is 9.84 Å². The van der Waals surface area contributed by atoms with E-state index in [1.807, 2.05) is 0 Å². The molecule has 0 radical (unpaired) electrons. The van der Waals surface area contributed by atoms with E-state index in [1.165, 1.54) is 12.4 Å². The van der Waals surface area contributed by atoms with Crippen molar-refractivity contribution in [2.45, 2.75) is 32.9 Å². The molecule has 8 heteroatoms. The van der Waals surface area contributed by atoms with Gasteiger partial charge in [0.1, 0.15) is 12.1 Å². The van der Waals surface area contributed by atoms with Crippen LogP contribution in [0.3, 0.4) is 0 Å². The first-order valence-electron chi connectivity index (χ1n) is 6.87. The highest BCUT2D eigenvalue weighted by molar-refractivity contribution is 5.89. The lowest BCUT2D eigenvalue weighted by molar-refractivity contribution is -0.137. The molecule has 2 N–H and O–H groups in total. The van der Waals surface area contributed by atoms with Crippen molar-refractivity contribution in [2.24, 2.45) is 0 Å². The lowest BCUT2D eigenvalue weighted by atomic mass is 10.2. The third-order valence-corrected chi connectivity index (χ3v) is 2.77. The van der Waals surface area contributed by atoms with Crippen molar-refractivity contribution in [1.82, 2.24) is 9.55 Å². The number of benzene rings is 1. The molecule has 8 nitrogen and oxygen atoms in total. The van der Waals surface area contributed by atoms with Crippen molar-refractivity contribution in [3.05, 3.63) is 34.9 Å². The van der Waals surface area contributed by atoms with Gasteiger partial charge in [0.2, 0.25) is 0 Å². The Morgan fingerprint density at radius 2 is 2.04 bits per heavy atom. The number of fused-ring (bicyclic) bond motifs is 1. The van der Waals surface area contributed by atoms with Crippen LogP contribution in [-0.4, -0.2) is 32.3 Å². The number of carbonyl (C=O) groups is 2. The molecule has 0 saturated carbocycles. The van der Waals surface area contributed by atoms with E-state index in [1.54, 1.807) is 32.9 Å². The van der Waals surface area contributed by atoms with Crippen LogP contribution in [0.4, 0.5) is 10.5 Å².